The molecule has 0 aromatic carbocycles. The third kappa shape index (κ3) is 8.13. The fourth-order valence-electron chi connectivity index (χ4n) is 6.46. The summed E-state index contributed by atoms with van der Waals surface area (Å²) < 4.78 is 0. The Bertz CT molecular complexity index is 829. The lowest BCUT2D eigenvalue weighted by Crippen LogP contribution is -2.38. The summed E-state index contributed by atoms with van der Waals surface area (Å²) in [6.45, 7) is 15.2. The Morgan fingerprint density at radius 1 is 0.811 bits per heavy atom. The second-order valence-corrected chi connectivity index (χ2v) is 14.3. The summed E-state index contributed by atoms with van der Waals surface area (Å²) >= 11 is 0. The maximum absolute atomic E-state index is 12.8. The molecule has 1 aliphatic carbocycles. The fourth-order valence-corrected chi connectivity index (χ4v) is 6.46. The van der Waals surface area contributed by atoms with Gasteiger partial charge in [0.2, 0.25) is 17.7 Å². The van der Waals surface area contributed by atoms with Gasteiger partial charge < -0.3 is 4.90 Å². The van der Waals surface area contributed by atoms with E-state index in [0.29, 0.717) is 49.3 Å². The smallest absolute Gasteiger partial charge is 0.233 e. The molecule has 3 rings (SSSR count). The zero-order valence-corrected chi connectivity index (χ0v) is 24.4. The molecule has 3 fully saturated rings. The van der Waals surface area contributed by atoms with Gasteiger partial charge in [-0.15, -0.1) is 0 Å². The summed E-state index contributed by atoms with van der Waals surface area (Å²) in [7, 11) is 0. The number of nitrogens with zero attached hydrogens (tertiary/aromatic N) is 2. The summed E-state index contributed by atoms with van der Waals surface area (Å²) in [4.78, 5) is 54.1. The average Bonchev–Trinajstić information content (AvgIpc) is 3.43. The summed E-state index contributed by atoms with van der Waals surface area (Å²) in [5.41, 5.74) is 0.0766. The van der Waals surface area contributed by atoms with E-state index >= 15 is 0 Å². The van der Waals surface area contributed by atoms with Crippen LogP contribution in [0.2, 0.25) is 0 Å². The van der Waals surface area contributed by atoms with Gasteiger partial charge in [0.05, 0.1) is 5.92 Å². The molecule has 0 N–H and O–H groups in total. The lowest BCUT2D eigenvalue weighted by atomic mass is 9.78. The number of carbonyl (C=O) groups excluding carboxylic acids is 4. The van der Waals surface area contributed by atoms with Crippen LogP contribution in [0.3, 0.4) is 0 Å². The number of Topliss-reactive ketones (excluding diaryl/α,β-unsaturated/α-hetero) is 1. The normalized spacial score (nSPS) is 27.3. The van der Waals surface area contributed by atoms with Crippen LogP contribution in [0.4, 0.5) is 0 Å². The van der Waals surface area contributed by atoms with E-state index in [2.05, 4.69) is 20.8 Å². The molecule has 1 saturated carbocycles. The molecule has 2 aliphatic heterocycles. The Labute approximate surface area is 225 Å². The Kier molecular flexibility index (Phi) is 10.0. The van der Waals surface area contributed by atoms with Crippen molar-refractivity contribution in [2.45, 2.75) is 119 Å². The van der Waals surface area contributed by atoms with E-state index < -0.39 is 0 Å². The summed E-state index contributed by atoms with van der Waals surface area (Å²) in [5, 5.41) is 0. The highest BCUT2D eigenvalue weighted by molar-refractivity contribution is 6.03. The highest BCUT2D eigenvalue weighted by Crippen LogP contribution is 2.38. The average molecular weight is 517 g/mol. The highest BCUT2D eigenvalue weighted by Gasteiger charge is 2.45. The Morgan fingerprint density at radius 2 is 1.43 bits per heavy atom. The van der Waals surface area contributed by atoms with Crippen LogP contribution in [0.1, 0.15) is 119 Å². The van der Waals surface area contributed by atoms with Crippen molar-refractivity contribution in [1.29, 1.82) is 0 Å². The third-order valence-electron chi connectivity index (χ3n) is 9.36. The summed E-state index contributed by atoms with van der Waals surface area (Å²) in [6, 6.07) is 0. The van der Waals surface area contributed by atoms with E-state index in [1.807, 2.05) is 25.7 Å². The first-order valence-electron chi connectivity index (χ1n) is 14.9. The molecule has 3 amide bonds. The van der Waals surface area contributed by atoms with Gasteiger partial charge in [0.25, 0.3) is 0 Å². The predicted molar refractivity (Wildman–Crippen MR) is 147 cm³/mol. The predicted octanol–water partition coefficient (Wildman–Crippen LogP) is 6.02. The van der Waals surface area contributed by atoms with E-state index in [0.717, 1.165) is 70.9 Å². The van der Waals surface area contributed by atoms with Gasteiger partial charge >= 0.3 is 0 Å². The lowest BCUT2D eigenvalue weighted by Gasteiger charge is -2.31. The maximum atomic E-state index is 12.8. The number of carbonyl (C=O) groups is 4. The van der Waals surface area contributed by atoms with E-state index in [9.17, 15) is 19.2 Å². The highest BCUT2D eigenvalue weighted by atomic mass is 16.2. The minimum absolute atomic E-state index is 0.00747. The maximum Gasteiger partial charge on any atom is 0.233 e. The Balaban J connectivity index is 1.26. The molecule has 6 heteroatoms. The molecule has 2 atom stereocenters. The Morgan fingerprint density at radius 3 is 1.97 bits per heavy atom. The molecule has 2 heterocycles. The minimum Gasteiger partial charge on any atom is -0.342 e. The molecule has 1 unspecified atom stereocenters. The molecule has 6 nitrogen and oxygen atoms in total. The van der Waals surface area contributed by atoms with Crippen molar-refractivity contribution in [2.75, 3.05) is 19.6 Å². The number of hydrogen-bond acceptors (Lipinski definition) is 4. The van der Waals surface area contributed by atoms with Crippen LogP contribution >= 0.6 is 0 Å². The van der Waals surface area contributed by atoms with Crippen molar-refractivity contribution in [1.82, 2.24) is 9.80 Å². The molecule has 0 radical (unpaired) electrons. The number of likely N-dealkylation sites (tertiary alicyclic amines) is 2. The van der Waals surface area contributed by atoms with Crippen molar-refractivity contribution in [3.8, 4) is 0 Å². The van der Waals surface area contributed by atoms with Gasteiger partial charge in [-0.1, -0.05) is 54.4 Å². The first-order valence-corrected chi connectivity index (χ1v) is 14.9. The van der Waals surface area contributed by atoms with E-state index in [1.165, 1.54) is 4.90 Å². The second kappa shape index (κ2) is 12.4. The van der Waals surface area contributed by atoms with E-state index in [4.69, 9.17) is 0 Å². The molecular weight excluding hydrogens is 464 g/mol. The van der Waals surface area contributed by atoms with Crippen LogP contribution in [0.5, 0.6) is 0 Å². The van der Waals surface area contributed by atoms with Gasteiger partial charge in [-0.2, -0.15) is 0 Å². The first-order chi connectivity index (χ1) is 17.3. The van der Waals surface area contributed by atoms with Gasteiger partial charge in [0, 0.05) is 44.8 Å². The second-order valence-electron chi connectivity index (χ2n) is 14.3. The van der Waals surface area contributed by atoms with Crippen LogP contribution < -0.4 is 0 Å². The van der Waals surface area contributed by atoms with Gasteiger partial charge in [-0.3, -0.25) is 24.1 Å². The molecule has 2 saturated heterocycles. The molecule has 3 aliphatic rings. The van der Waals surface area contributed by atoms with Crippen molar-refractivity contribution in [3.63, 3.8) is 0 Å². The number of rotatable bonds is 10. The fraction of sp³-hybridized carbons (Fsp3) is 0.871. The number of amides is 3. The van der Waals surface area contributed by atoms with E-state index in [-0.39, 0.29) is 34.5 Å². The van der Waals surface area contributed by atoms with Crippen LogP contribution in [0.25, 0.3) is 0 Å². The van der Waals surface area contributed by atoms with E-state index in [1.54, 1.807) is 0 Å². The first kappa shape index (κ1) is 29.8. The Hall–Kier alpha value is -1.72. The van der Waals surface area contributed by atoms with Gasteiger partial charge in [0.15, 0.2) is 0 Å². The van der Waals surface area contributed by atoms with Gasteiger partial charge in [0.1, 0.15) is 5.78 Å². The lowest BCUT2D eigenvalue weighted by molar-refractivity contribution is -0.141. The van der Waals surface area contributed by atoms with Crippen LogP contribution in [0, 0.1) is 34.5 Å². The van der Waals surface area contributed by atoms with Crippen molar-refractivity contribution < 1.29 is 19.2 Å². The molecule has 37 heavy (non-hydrogen) atoms. The van der Waals surface area contributed by atoms with Crippen molar-refractivity contribution in [2.24, 2.45) is 34.5 Å². The topological polar surface area (TPSA) is 74.8 Å². The summed E-state index contributed by atoms with van der Waals surface area (Å²) in [6.07, 6.45) is 10.2. The van der Waals surface area contributed by atoms with Crippen molar-refractivity contribution in [3.05, 3.63) is 0 Å². The minimum atomic E-state index is -0.211. The third-order valence-corrected chi connectivity index (χ3v) is 9.36. The van der Waals surface area contributed by atoms with Crippen LogP contribution in [-0.4, -0.2) is 52.9 Å². The number of ketones is 1. The molecule has 0 aromatic heterocycles. The summed E-state index contributed by atoms with van der Waals surface area (Å²) in [5.74, 6) is 1.48. The van der Waals surface area contributed by atoms with Gasteiger partial charge in [-0.25, -0.2) is 0 Å². The van der Waals surface area contributed by atoms with Crippen LogP contribution in [-0.2, 0) is 19.2 Å². The molecule has 210 valence electrons. The largest absolute Gasteiger partial charge is 0.342 e. The SMILES string of the molecule is CC(C)(C)C1CC(=O)N(CC2CCC(C(=O)CCCCCCC(=O)N3CC[C@H](C(C)(C)C)C3)CC2)C1=O. The molecule has 0 aromatic rings. The zero-order valence-electron chi connectivity index (χ0n) is 24.4. The van der Waals surface area contributed by atoms with Gasteiger partial charge in [-0.05, 0) is 67.6 Å². The van der Waals surface area contributed by atoms with Crippen LogP contribution in [0.15, 0.2) is 0 Å². The van der Waals surface area contributed by atoms with Crippen molar-refractivity contribution >= 4 is 23.5 Å². The monoisotopic (exact) mass is 516 g/mol. The molecule has 0 bridgehead atoms. The standard InChI is InChI=1S/C31H52N2O4/c1-30(2,3)24-17-18-32(21-24)27(35)12-10-8-7-9-11-26(34)23-15-13-22(14-16-23)20-33-28(36)19-25(29(33)37)31(4,5)6/h22-25H,7-21H2,1-6H3/t22?,23?,24-,25?/m0/s1. The zero-order chi connectivity index (χ0) is 27.4. The molecular formula is C31H52N2O4. The molecule has 0 spiro atoms. The number of hydrogen-bond donors (Lipinski definition) is 0. The number of imide groups is 1. The number of unbranched alkanes of at least 4 members (excludes halogenated alkanes) is 3. The quantitative estimate of drug-likeness (QED) is 0.263.